The summed E-state index contributed by atoms with van der Waals surface area (Å²) in [5.74, 6) is -0.148. The maximum Gasteiger partial charge on any atom is 0.306 e. The van der Waals surface area contributed by atoms with Crippen molar-refractivity contribution in [2.24, 2.45) is 7.05 Å². The number of ether oxygens (including phenoxy) is 1. The third-order valence-electron chi connectivity index (χ3n) is 1.96. The summed E-state index contributed by atoms with van der Waals surface area (Å²) < 4.78 is 6.69. The summed E-state index contributed by atoms with van der Waals surface area (Å²) >= 11 is 0. The Morgan fingerprint density at radius 3 is 2.56 bits per heavy atom. The number of anilines is 1. The summed E-state index contributed by atoms with van der Waals surface area (Å²) in [4.78, 5) is 22.9. The fourth-order valence-electron chi connectivity index (χ4n) is 1.30. The van der Waals surface area contributed by atoms with E-state index in [0.717, 1.165) is 0 Å². The maximum atomic E-state index is 11.5. The zero-order chi connectivity index (χ0) is 13.8. The molecule has 0 radical (unpaired) electrons. The zero-order valence-electron chi connectivity index (χ0n) is 11.2. The van der Waals surface area contributed by atoms with Gasteiger partial charge in [-0.25, -0.2) is 0 Å². The quantitative estimate of drug-likeness (QED) is 0.825. The van der Waals surface area contributed by atoms with Crippen LogP contribution >= 0.6 is 0 Å². The Morgan fingerprint density at radius 2 is 2.06 bits per heavy atom. The van der Waals surface area contributed by atoms with Gasteiger partial charge >= 0.3 is 5.97 Å². The molecule has 0 aliphatic carbocycles. The number of amides is 1. The number of nitrogens with zero attached hydrogens (tertiary/aromatic N) is 2. The highest BCUT2D eigenvalue weighted by Crippen LogP contribution is 2.09. The number of nitrogens with one attached hydrogen (secondary N) is 1. The van der Waals surface area contributed by atoms with Crippen LogP contribution in [0.2, 0.25) is 0 Å². The van der Waals surface area contributed by atoms with Crippen molar-refractivity contribution in [2.75, 3.05) is 5.32 Å². The minimum Gasteiger partial charge on any atom is -0.460 e. The molecule has 0 bridgehead atoms. The van der Waals surface area contributed by atoms with Gasteiger partial charge in [-0.1, -0.05) is 0 Å². The molecule has 1 rings (SSSR count). The van der Waals surface area contributed by atoms with E-state index in [-0.39, 0.29) is 24.7 Å². The van der Waals surface area contributed by atoms with E-state index in [9.17, 15) is 9.59 Å². The summed E-state index contributed by atoms with van der Waals surface area (Å²) in [6, 6.07) is 1.69. The lowest BCUT2D eigenvalue weighted by molar-refractivity contribution is -0.155. The lowest BCUT2D eigenvalue weighted by atomic mass is 10.2. The summed E-state index contributed by atoms with van der Waals surface area (Å²) in [6.45, 7) is 5.37. The van der Waals surface area contributed by atoms with Crippen LogP contribution in [0.3, 0.4) is 0 Å². The van der Waals surface area contributed by atoms with Gasteiger partial charge in [0, 0.05) is 25.7 Å². The molecular weight excluding hydrogens is 234 g/mol. The molecule has 0 aliphatic heterocycles. The van der Waals surface area contributed by atoms with Crippen molar-refractivity contribution in [2.45, 2.75) is 39.2 Å². The van der Waals surface area contributed by atoms with E-state index < -0.39 is 5.60 Å². The van der Waals surface area contributed by atoms with Gasteiger partial charge in [0.25, 0.3) is 0 Å². The minimum absolute atomic E-state index is 0.0654. The van der Waals surface area contributed by atoms with Crippen LogP contribution in [0.25, 0.3) is 0 Å². The number of hydrogen-bond donors (Lipinski definition) is 1. The van der Waals surface area contributed by atoms with Crippen LogP contribution in [0.15, 0.2) is 12.3 Å². The molecular formula is C12H19N3O3. The highest BCUT2D eigenvalue weighted by Gasteiger charge is 2.17. The standard InChI is InChI=1S/C12H19N3O3/c1-12(2,3)18-11(17)6-5-10(16)13-9-7-8-15(4)14-9/h7-8H,5-6H2,1-4H3,(H,13,14,16). The second kappa shape index (κ2) is 5.66. The lowest BCUT2D eigenvalue weighted by Gasteiger charge is -2.19. The fourth-order valence-corrected chi connectivity index (χ4v) is 1.30. The topological polar surface area (TPSA) is 73.2 Å². The van der Waals surface area contributed by atoms with Crippen LogP contribution < -0.4 is 5.32 Å². The van der Waals surface area contributed by atoms with Gasteiger partial charge in [0.15, 0.2) is 5.82 Å². The van der Waals surface area contributed by atoms with Crippen molar-refractivity contribution >= 4 is 17.7 Å². The number of rotatable bonds is 4. The molecule has 0 unspecified atom stereocenters. The summed E-state index contributed by atoms with van der Waals surface area (Å²) in [6.07, 6.45) is 1.88. The Morgan fingerprint density at radius 1 is 1.39 bits per heavy atom. The van der Waals surface area contributed by atoms with Crippen molar-refractivity contribution in [3.8, 4) is 0 Å². The Balaban J connectivity index is 2.31. The SMILES string of the molecule is Cn1ccc(NC(=O)CCC(=O)OC(C)(C)C)n1. The molecule has 0 fully saturated rings. The van der Waals surface area contributed by atoms with Crippen LogP contribution in [0.1, 0.15) is 33.6 Å². The first kappa shape index (κ1) is 14.2. The molecule has 1 N–H and O–H groups in total. The number of carbonyl (C=O) groups excluding carboxylic acids is 2. The molecule has 100 valence electrons. The molecule has 0 saturated heterocycles. The first-order valence-corrected chi connectivity index (χ1v) is 5.77. The van der Waals surface area contributed by atoms with Crippen molar-refractivity contribution in [3.05, 3.63) is 12.3 Å². The van der Waals surface area contributed by atoms with E-state index >= 15 is 0 Å². The number of aryl methyl sites for hydroxylation is 1. The average molecular weight is 253 g/mol. The van der Waals surface area contributed by atoms with E-state index in [1.807, 2.05) is 0 Å². The van der Waals surface area contributed by atoms with Crippen LogP contribution in [-0.4, -0.2) is 27.3 Å². The highest BCUT2D eigenvalue weighted by molar-refractivity contribution is 5.91. The monoisotopic (exact) mass is 253 g/mol. The van der Waals surface area contributed by atoms with E-state index in [0.29, 0.717) is 5.82 Å². The number of aromatic nitrogens is 2. The molecule has 1 aromatic rings. The van der Waals surface area contributed by atoms with E-state index in [1.54, 1.807) is 44.8 Å². The van der Waals surface area contributed by atoms with Gasteiger partial charge in [-0.15, -0.1) is 0 Å². The third-order valence-corrected chi connectivity index (χ3v) is 1.96. The van der Waals surface area contributed by atoms with E-state index in [4.69, 9.17) is 4.74 Å². The van der Waals surface area contributed by atoms with Crippen molar-refractivity contribution < 1.29 is 14.3 Å². The molecule has 6 heteroatoms. The highest BCUT2D eigenvalue weighted by atomic mass is 16.6. The Kier molecular flexibility index (Phi) is 4.47. The Hall–Kier alpha value is -1.85. The molecule has 18 heavy (non-hydrogen) atoms. The van der Waals surface area contributed by atoms with Crippen molar-refractivity contribution in [3.63, 3.8) is 0 Å². The van der Waals surface area contributed by atoms with Gasteiger partial charge in [0.1, 0.15) is 5.60 Å². The molecule has 0 atom stereocenters. The maximum absolute atomic E-state index is 11.5. The predicted octanol–water partition coefficient (Wildman–Crippen LogP) is 1.48. The van der Waals surface area contributed by atoms with Gasteiger partial charge in [-0.2, -0.15) is 5.10 Å². The smallest absolute Gasteiger partial charge is 0.306 e. The Labute approximate surface area is 106 Å². The molecule has 1 amide bonds. The number of carbonyl (C=O) groups is 2. The first-order chi connectivity index (χ1) is 8.26. The molecule has 0 saturated carbocycles. The van der Waals surface area contributed by atoms with Crippen LogP contribution in [0.5, 0.6) is 0 Å². The minimum atomic E-state index is -0.519. The first-order valence-electron chi connectivity index (χ1n) is 5.77. The van der Waals surface area contributed by atoms with Gasteiger partial charge in [-0.05, 0) is 20.8 Å². The van der Waals surface area contributed by atoms with Gasteiger partial charge in [-0.3, -0.25) is 14.3 Å². The van der Waals surface area contributed by atoms with Gasteiger partial charge in [0.05, 0.1) is 6.42 Å². The zero-order valence-corrected chi connectivity index (χ0v) is 11.2. The van der Waals surface area contributed by atoms with E-state index in [2.05, 4.69) is 10.4 Å². The summed E-state index contributed by atoms with van der Waals surface area (Å²) in [5, 5.41) is 6.61. The van der Waals surface area contributed by atoms with Crippen LogP contribution in [0, 0.1) is 0 Å². The summed E-state index contributed by atoms with van der Waals surface area (Å²) in [5.41, 5.74) is -0.519. The predicted molar refractivity (Wildman–Crippen MR) is 66.9 cm³/mol. The normalized spacial score (nSPS) is 11.1. The molecule has 1 heterocycles. The van der Waals surface area contributed by atoms with Crippen molar-refractivity contribution in [1.29, 1.82) is 0 Å². The second-order valence-electron chi connectivity index (χ2n) is 5.01. The van der Waals surface area contributed by atoms with Crippen LogP contribution in [0.4, 0.5) is 5.82 Å². The molecule has 0 spiro atoms. The third kappa shape index (κ3) is 5.47. The average Bonchev–Trinajstić information content (AvgIpc) is 2.58. The number of esters is 1. The van der Waals surface area contributed by atoms with E-state index in [1.165, 1.54) is 0 Å². The second-order valence-corrected chi connectivity index (χ2v) is 5.01. The number of hydrogen-bond acceptors (Lipinski definition) is 4. The van der Waals surface area contributed by atoms with Crippen LogP contribution in [-0.2, 0) is 21.4 Å². The molecule has 1 aromatic heterocycles. The lowest BCUT2D eigenvalue weighted by Crippen LogP contribution is -2.24. The van der Waals surface area contributed by atoms with Gasteiger partial charge in [0.2, 0.25) is 5.91 Å². The largest absolute Gasteiger partial charge is 0.460 e. The molecule has 0 aliphatic rings. The van der Waals surface area contributed by atoms with Crippen molar-refractivity contribution in [1.82, 2.24) is 9.78 Å². The molecule has 6 nitrogen and oxygen atoms in total. The Bertz CT molecular complexity index is 432. The summed E-state index contributed by atoms with van der Waals surface area (Å²) in [7, 11) is 1.76. The fraction of sp³-hybridized carbons (Fsp3) is 0.583. The van der Waals surface area contributed by atoms with Gasteiger partial charge < -0.3 is 10.1 Å². The molecule has 0 aromatic carbocycles.